The maximum atomic E-state index is 11.8. The lowest BCUT2D eigenvalue weighted by atomic mass is 9.88. The van der Waals surface area contributed by atoms with Crippen molar-refractivity contribution in [2.75, 3.05) is 19.7 Å². The molecule has 2 rings (SSSR count). The maximum Gasteiger partial charge on any atom is 0.248 e. The molecule has 0 bridgehead atoms. The third-order valence-electron chi connectivity index (χ3n) is 3.91. The highest BCUT2D eigenvalue weighted by atomic mass is 16.5. The van der Waals surface area contributed by atoms with Crippen molar-refractivity contribution in [1.82, 2.24) is 4.90 Å². The average Bonchev–Trinajstić information content (AvgIpc) is 2.81. The van der Waals surface area contributed by atoms with Gasteiger partial charge in [0, 0.05) is 13.1 Å². The van der Waals surface area contributed by atoms with E-state index in [0.29, 0.717) is 18.6 Å². The first kappa shape index (κ1) is 11.9. The Balaban J connectivity index is 1.71. The minimum absolute atomic E-state index is 0.190. The topological polar surface area (TPSA) is 29.5 Å². The summed E-state index contributed by atoms with van der Waals surface area (Å²) in [5.74, 6) is 0.815. The van der Waals surface area contributed by atoms with Crippen LogP contribution in [0.5, 0.6) is 0 Å². The molecule has 2 unspecified atom stereocenters. The fraction of sp³-hybridized carbons (Fsp3) is 0.923. The lowest BCUT2D eigenvalue weighted by Crippen LogP contribution is -2.35. The normalized spacial score (nSPS) is 30.7. The summed E-state index contributed by atoms with van der Waals surface area (Å²) >= 11 is 0. The molecule has 3 nitrogen and oxygen atoms in total. The van der Waals surface area contributed by atoms with E-state index in [1.54, 1.807) is 0 Å². The molecule has 1 aliphatic heterocycles. The van der Waals surface area contributed by atoms with E-state index in [1.165, 1.54) is 19.3 Å². The molecular weight excluding hydrogens is 202 g/mol. The number of carbonyl (C=O) groups excluding carboxylic acids is 1. The Kier molecular flexibility index (Phi) is 4.22. The van der Waals surface area contributed by atoms with Crippen LogP contribution in [0, 0.1) is 5.92 Å². The van der Waals surface area contributed by atoms with Gasteiger partial charge in [-0.2, -0.15) is 0 Å². The quantitative estimate of drug-likeness (QED) is 0.737. The van der Waals surface area contributed by atoms with Crippen LogP contribution < -0.4 is 0 Å². The Labute approximate surface area is 98.1 Å². The molecule has 0 radical (unpaired) electrons. The molecule has 1 saturated heterocycles. The monoisotopic (exact) mass is 225 g/mol. The van der Waals surface area contributed by atoms with Crippen molar-refractivity contribution >= 4 is 5.91 Å². The van der Waals surface area contributed by atoms with Gasteiger partial charge in [-0.05, 0) is 31.6 Å². The average molecular weight is 225 g/mol. The number of hydrogen-bond acceptors (Lipinski definition) is 2. The highest BCUT2D eigenvalue weighted by Gasteiger charge is 2.24. The second-order valence-electron chi connectivity index (χ2n) is 5.20. The first-order valence-corrected chi connectivity index (χ1v) is 6.67. The number of rotatable bonds is 3. The maximum absolute atomic E-state index is 11.8. The molecule has 1 amide bonds. The smallest absolute Gasteiger partial charge is 0.248 e. The van der Waals surface area contributed by atoms with Gasteiger partial charge in [-0.3, -0.25) is 4.79 Å². The van der Waals surface area contributed by atoms with Crippen LogP contribution in [0.25, 0.3) is 0 Å². The molecule has 1 saturated carbocycles. The van der Waals surface area contributed by atoms with E-state index < -0.39 is 0 Å². The van der Waals surface area contributed by atoms with Crippen molar-refractivity contribution in [1.29, 1.82) is 0 Å². The van der Waals surface area contributed by atoms with Gasteiger partial charge in [0.15, 0.2) is 0 Å². The molecule has 92 valence electrons. The Morgan fingerprint density at radius 2 is 1.88 bits per heavy atom. The Bertz CT molecular complexity index is 236. The zero-order chi connectivity index (χ0) is 11.4. The van der Waals surface area contributed by atoms with Crippen molar-refractivity contribution < 1.29 is 9.53 Å². The molecule has 0 aromatic rings. The lowest BCUT2D eigenvalue weighted by molar-refractivity contribution is -0.139. The van der Waals surface area contributed by atoms with E-state index in [9.17, 15) is 4.79 Å². The fourth-order valence-corrected chi connectivity index (χ4v) is 2.77. The summed E-state index contributed by atoms with van der Waals surface area (Å²) in [7, 11) is 0. The van der Waals surface area contributed by atoms with Gasteiger partial charge in [0.1, 0.15) is 6.61 Å². The summed E-state index contributed by atoms with van der Waals surface area (Å²) in [5.41, 5.74) is 0. The fourth-order valence-electron chi connectivity index (χ4n) is 2.77. The minimum Gasteiger partial charge on any atom is -0.368 e. The predicted molar refractivity (Wildman–Crippen MR) is 63.2 cm³/mol. The van der Waals surface area contributed by atoms with E-state index in [1.807, 2.05) is 4.90 Å². The van der Waals surface area contributed by atoms with Gasteiger partial charge in [0.2, 0.25) is 5.91 Å². The van der Waals surface area contributed by atoms with Crippen LogP contribution >= 0.6 is 0 Å². The molecule has 0 N–H and O–H groups in total. The van der Waals surface area contributed by atoms with Crippen LogP contribution in [0.15, 0.2) is 0 Å². The van der Waals surface area contributed by atoms with Crippen molar-refractivity contribution in [2.24, 2.45) is 5.92 Å². The highest BCUT2D eigenvalue weighted by molar-refractivity contribution is 5.77. The Hall–Kier alpha value is -0.570. The molecule has 1 aliphatic carbocycles. The lowest BCUT2D eigenvalue weighted by Gasteiger charge is -2.29. The Morgan fingerprint density at radius 1 is 1.19 bits per heavy atom. The summed E-state index contributed by atoms with van der Waals surface area (Å²) in [4.78, 5) is 13.7. The molecule has 16 heavy (non-hydrogen) atoms. The van der Waals surface area contributed by atoms with E-state index in [0.717, 1.165) is 32.4 Å². The summed E-state index contributed by atoms with van der Waals surface area (Å²) in [6, 6.07) is 0. The van der Waals surface area contributed by atoms with Gasteiger partial charge in [0.25, 0.3) is 0 Å². The summed E-state index contributed by atoms with van der Waals surface area (Å²) in [5, 5.41) is 0. The standard InChI is InChI=1S/C13H23NO2/c1-11-6-2-3-7-12(11)16-10-13(15)14-8-4-5-9-14/h11-12H,2-10H2,1H3. The minimum atomic E-state index is 0.190. The van der Waals surface area contributed by atoms with Crippen molar-refractivity contribution in [3.63, 3.8) is 0 Å². The van der Waals surface area contributed by atoms with Crippen molar-refractivity contribution in [2.45, 2.75) is 51.6 Å². The van der Waals surface area contributed by atoms with Crippen molar-refractivity contribution in [3.05, 3.63) is 0 Å². The first-order chi connectivity index (χ1) is 7.77. The largest absolute Gasteiger partial charge is 0.368 e. The first-order valence-electron chi connectivity index (χ1n) is 6.67. The second kappa shape index (κ2) is 5.67. The molecule has 0 aromatic carbocycles. The van der Waals surface area contributed by atoms with Gasteiger partial charge in [-0.25, -0.2) is 0 Å². The van der Waals surface area contributed by atoms with Gasteiger partial charge in [0.05, 0.1) is 6.10 Å². The molecule has 2 fully saturated rings. The SMILES string of the molecule is CC1CCCCC1OCC(=O)N1CCCC1. The summed E-state index contributed by atoms with van der Waals surface area (Å²) < 4.78 is 5.78. The van der Waals surface area contributed by atoms with E-state index >= 15 is 0 Å². The number of likely N-dealkylation sites (tertiary alicyclic amines) is 1. The molecule has 0 spiro atoms. The van der Waals surface area contributed by atoms with Crippen LogP contribution in [0.1, 0.15) is 45.4 Å². The number of hydrogen-bond donors (Lipinski definition) is 0. The highest BCUT2D eigenvalue weighted by Crippen LogP contribution is 2.26. The van der Waals surface area contributed by atoms with Gasteiger partial charge in [-0.1, -0.05) is 19.8 Å². The van der Waals surface area contributed by atoms with Crippen LogP contribution in [0.2, 0.25) is 0 Å². The zero-order valence-corrected chi connectivity index (χ0v) is 10.3. The molecule has 2 aliphatic rings. The molecule has 0 aromatic heterocycles. The van der Waals surface area contributed by atoms with Crippen molar-refractivity contribution in [3.8, 4) is 0 Å². The second-order valence-corrected chi connectivity index (χ2v) is 5.20. The van der Waals surface area contributed by atoms with Crippen LogP contribution in [-0.2, 0) is 9.53 Å². The third-order valence-corrected chi connectivity index (χ3v) is 3.91. The predicted octanol–water partition coefficient (Wildman–Crippen LogP) is 2.20. The van der Waals surface area contributed by atoms with Gasteiger partial charge >= 0.3 is 0 Å². The molecule has 2 atom stereocenters. The Morgan fingerprint density at radius 3 is 2.56 bits per heavy atom. The third kappa shape index (κ3) is 2.97. The van der Waals surface area contributed by atoms with E-state index in [2.05, 4.69) is 6.92 Å². The van der Waals surface area contributed by atoms with Crippen LogP contribution in [0.3, 0.4) is 0 Å². The van der Waals surface area contributed by atoms with E-state index in [4.69, 9.17) is 4.74 Å². The number of amides is 1. The van der Waals surface area contributed by atoms with Gasteiger partial charge < -0.3 is 9.64 Å². The number of carbonyl (C=O) groups is 1. The van der Waals surface area contributed by atoms with E-state index in [-0.39, 0.29) is 5.91 Å². The summed E-state index contributed by atoms with van der Waals surface area (Å²) in [6.07, 6.45) is 7.60. The van der Waals surface area contributed by atoms with Gasteiger partial charge in [-0.15, -0.1) is 0 Å². The van der Waals surface area contributed by atoms with Crippen LogP contribution in [0.4, 0.5) is 0 Å². The number of ether oxygens (including phenoxy) is 1. The summed E-state index contributed by atoms with van der Waals surface area (Å²) in [6.45, 7) is 4.41. The molecular formula is C13H23NO2. The molecule has 3 heteroatoms. The molecule has 1 heterocycles. The van der Waals surface area contributed by atoms with Crippen LogP contribution in [-0.4, -0.2) is 36.6 Å². The number of nitrogens with zero attached hydrogens (tertiary/aromatic N) is 1. The zero-order valence-electron chi connectivity index (χ0n) is 10.3.